The van der Waals surface area contributed by atoms with Crippen LogP contribution < -0.4 is 51.4 Å². The summed E-state index contributed by atoms with van der Waals surface area (Å²) in [5.41, 5.74) is 4.40. The van der Waals surface area contributed by atoms with Crippen molar-refractivity contribution in [1.29, 1.82) is 0 Å². The van der Waals surface area contributed by atoms with Crippen molar-refractivity contribution < 1.29 is 116 Å². The minimum Gasteiger partial charge on any atom is -0.644 e. The molecule has 6 aromatic rings. The van der Waals surface area contributed by atoms with Crippen LogP contribution in [0.25, 0.3) is 0 Å². The van der Waals surface area contributed by atoms with Crippen LogP contribution >= 0.6 is 33.2 Å². The zero-order chi connectivity index (χ0) is 61.8. The van der Waals surface area contributed by atoms with Crippen molar-refractivity contribution in [2.75, 3.05) is 43.8 Å². The van der Waals surface area contributed by atoms with E-state index in [-0.39, 0.29) is 75.5 Å². The van der Waals surface area contributed by atoms with Crippen LogP contribution in [-0.2, 0) is 47.7 Å². The number of benzene rings is 6. The van der Waals surface area contributed by atoms with Gasteiger partial charge in [-0.05, 0) is 161 Å². The molecule has 0 aliphatic heterocycles. The Morgan fingerprint density at radius 3 is 1.06 bits per heavy atom. The summed E-state index contributed by atoms with van der Waals surface area (Å²) in [5.74, 6) is 0.358. The summed E-state index contributed by atoms with van der Waals surface area (Å²) in [7, 11) is -7.91. The van der Waals surface area contributed by atoms with E-state index in [0.717, 1.165) is 121 Å². The van der Waals surface area contributed by atoms with Crippen LogP contribution in [0.3, 0.4) is 0 Å². The van der Waals surface area contributed by atoms with E-state index in [1.54, 1.807) is 128 Å². The van der Waals surface area contributed by atoms with E-state index in [2.05, 4.69) is 11.7 Å². The van der Waals surface area contributed by atoms with Gasteiger partial charge in [0.05, 0.1) is 42.0 Å². The van der Waals surface area contributed by atoms with Crippen molar-refractivity contribution >= 4 is 89.4 Å². The number of carbonyl (C=O) groups excluding carboxylic acids is 3. The van der Waals surface area contributed by atoms with Gasteiger partial charge in [0.1, 0.15) is 0 Å². The summed E-state index contributed by atoms with van der Waals surface area (Å²) in [6.45, 7) is 8.62. The molecule has 3 N–H and O–H groups in total. The second-order valence-electron chi connectivity index (χ2n) is 18.1. The van der Waals surface area contributed by atoms with Gasteiger partial charge in [-0.25, -0.2) is 39.6 Å². The van der Waals surface area contributed by atoms with Gasteiger partial charge in [-0.15, -0.1) is 11.6 Å². The second-order valence-corrected chi connectivity index (χ2v) is 29.2. The van der Waals surface area contributed by atoms with Crippen molar-refractivity contribution in [2.24, 2.45) is 0 Å². The summed E-state index contributed by atoms with van der Waals surface area (Å²) in [4.78, 5) is 35.9. The maximum Gasteiger partial charge on any atom is 1.00 e. The Hall–Kier alpha value is -3.36. The van der Waals surface area contributed by atoms with Gasteiger partial charge in [0.25, 0.3) is 0 Å². The number of carbonyl (C=O) groups is 3. The van der Waals surface area contributed by atoms with Crippen molar-refractivity contribution in [3.8, 4) is 0 Å². The molecule has 84 heavy (non-hydrogen) atoms. The summed E-state index contributed by atoms with van der Waals surface area (Å²) in [6, 6.07) is 46.1. The standard InChI is InChI=1S/C20H24O4S2.C14H10O3.C13H20O3S2.C7H8O2S2.C6H13ClO.C2H6O.K/c1-17-11-13-19(14-12-17)26(22,23)25-16-8-3-2-7-15-24-20(21)18-9-5-4-6-10-18;15-13(11-7-3-1-4-8-11)17-14(16)12-9-5-2-6-10-12;1-12-6-8-13(9-7-12)18(15,16)17-11-5-3-2-4-10-14;1-6-2-4-7(5-3-6)11(8,9)10;7-5-3-1-2-4-6-8;1-2-3;/h4-6,9-14H,2-3,7-8,15-16H2,1H3;1-10H;6-9,14H,2-5,10-11H2,1H3;2-5H,1H3,(H,8,9,10);8H,1-6H2;3H,2H2,1H3;/q;;;;;;+1/p-1. The molecule has 0 aromatic heterocycles. The summed E-state index contributed by atoms with van der Waals surface area (Å²) >= 11 is 9.68. The van der Waals surface area contributed by atoms with E-state index in [4.69, 9.17) is 36.4 Å². The van der Waals surface area contributed by atoms with Gasteiger partial charge < -0.3 is 36.5 Å². The fourth-order valence-corrected chi connectivity index (χ4v) is 13.2. The molecule has 0 fully saturated rings. The van der Waals surface area contributed by atoms with Crippen LogP contribution in [0.5, 0.6) is 0 Å². The molecular weight excluding hydrogens is 1240 g/mol. The molecule has 14 nitrogen and oxygen atoms in total. The van der Waals surface area contributed by atoms with Crippen molar-refractivity contribution in [3.63, 3.8) is 0 Å². The minimum absolute atomic E-state index is 0. The van der Waals surface area contributed by atoms with Gasteiger partial charge in [-0.2, -0.15) is 0 Å². The van der Waals surface area contributed by atoms with Gasteiger partial charge in [-0.3, -0.25) is 0 Å². The fourth-order valence-electron chi connectivity index (χ4n) is 6.45. The van der Waals surface area contributed by atoms with Crippen LogP contribution in [0, 0.1) is 20.8 Å². The molecule has 0 aliphatic rings. The van der Waals surface area contributed by atoms with Crippen LogP contribution in [0.1, 0.15) is 132 Å². The predicted molar refractivity (Wildman–Crippen MR) is 340 cm³/mol. The van der Waals surface area contributed by atoms with Gasteiger partial charge in [0.15, 0.2) is 0 Å². The van der Waals surface area contributed by atoms with E-state index in [1.807, 2.05) is 51.1 Å². The van der Waals surface area contributed by atoms with Crippen LogP contribution in [0.15, 0.2) is 178 Å². The van der Waals surface area contributed by atoms with Gasteiger partial charge >= 0.3 is 69.3 Å². The molecule has 0 saturated carbocycles. The van der Waals surface area contributed by atoms with E-state index in [0.29, 0.717) is 51.2 Å². The first kappa shape index (κ1) is 80.6. The monoisotopic (exact) mass is 1310 g/mol. The number of rotatable bonds is 26. The molecule has 456 valence electrons. The van der Waals surface area contributed by atoms with Gasteiger partial charge in [-0.1, -0.05) is 146 Å². The molecule has 6 rings (SSSR count). The zero-order valence-electron chi connectivity index (χ0n) is 48.7. The molecule has 0 radical (unpaired) electrons. The molecule has 0 aliphatic carbocycles. The zero-order valence-corrected chi connectivity index (χ0v) is 57.5. The first-order chi connectivity index (χ1) is 39.6. The molecule has 0 unspecified atom stereocenters. The maximum atomic E-state index is 12.2. The number of unbranched alkanes of at least 4 members (excludes halogenated alkanes) is 9. The van der Waals surface area contributed by atoms with E-state index in [1.165, 1.54) is 12.1 Å². The first-order valence-corrected chi connectivity index (χ1v) is 36.0. The average molecular weight is 1320 g/mol. The molecule has 0 atom stereocenters. The number of aliphatic hydroxyl groups is 3. The normalized spacial score (nSPS) is 10.6. The Morgan fingerprint density at radius 1 is 0.440 bits per heavy atom. The number of hydrogen-bond acceptors (Lipinski definition) is 17. The van der Waals surface area contributed by atoms with Crippen molar-refractivity contribution in [2.45, 2.75) is 119 Å². The summed E-state index contributed by atoms with van der Waals surface area (Å²) in [6.07, 6.45) is 11.3. The minimum atomic E-state index is -3.44. The number of ether oxygens (including phenoxy) is 2. The SMILES string of the molecule is CCO.Cc1ccc(S(=O)(=O)SCCCCCCO)cc1.Cc1ccc(S(=O)(=O)SCCCCCCOC(=O)c2ccccc2)cc1.Cc1ccc(S(=O)(=O)[S-])cc1.O=C(OC(=O)c1ccccc1)c1ccccc1.OCCCCCCCl.[K+]. The topological polar surface area (TPSA) is 233 Å². The molecule has 0 bridgehead atoms. The number of alkyl halides is 1. The van der Waals surface area contributed by atoms with E-state index >= 15 is 0 Å². The molecule has 0 spiro atoms. The van der Waals surface area contributed by atoms with E-state index in [9.17, 15) is 39.6 Å². The Labute approximate surface area is 559 Å². The largest absolute Gasteiger partial charge is 1.00 e. The van der Waals surface area contributed by atoms with Crippen LogP contribution in [0.4, 0.5) is 0 Å². The molecule has 0 heterocycles. The van der Waals surface area contributed by atoms with Gasteiger partial charge in [0, 0.05) is 42.1 Å². The van der Waals surface area contributed by atoms with E-state index < -0.39 is 38.5 Å². The summed E-state index contributed by atoms with van der Waals surface area (Å²) < 4.78 is 79.8. The predicted octanol–water partition coefficient (Wildman–Crippen LogP) is 10.5. The fraction of sp³-hybridized carbons (Fsp3) is 0.371. The maximum absolute atomic E-state index is 12.2. The Bertz CT molecular complexity index is 2960. The smallest absolute Gasteiger partial charge is 0.644 e. The van der Waals surface area contributed by atoms with Gasteiger partial charge in [0.2, 0.25) is 17.7 Å². The Balaban J connectivity index is 0.00000106. The molecule has 6 aromatic carbocycles. The second kappa shape index (κ2) is 48.6. The Morgan fingerprint density at radius 2 is 0.738 bits per heavy atom. The molecule has 0 amide bonds. The number of hydrogen-bond donors (Lipinski definition) is 3. The number of halogens is 1. The first-order valence-electron chi connectivity index (χ1n) is 27.1. The quantitative estimate of drug-likeness (QED) is 0.00871. The third kappa shape index (κ3) is 38.7. The Kier molecular flexibility index (Phi) is 46.7. The average Bonchev–Trinajstić information content (AvgIpc) is 3.47. The number of aliphatic hydroxyl groups excluding tert-OH is 3. The third-order valence-electron chi connectivity index (χ3n) is 11.0. The van der Waals surface area contributed by atoms with Crippen molar-refractivity contribution in [3.05, 3.63) is 197 Å². The van der Waals surface area contributed by atoms with Crippen LogP contribution in [-0.4, -0.2) is 102 Å². The summed E-state index contributed by atoms with van der Waals surface area (Å²) in [5, 5.41) is 24.5. The molecule has 22 heteroatoms. The molecular formula is C62H80ClKO14S6. The molecule has 0 saturated heterocycles. The third-order valence-corrected chi connectivity index (χ3v) is 19.9. The van der Waals surface area contributed by atoms with Crippen molar-refractivity contribution in [1.82, 2.24) is 0 Å². The van der Waals surface area contributed by atoms with Crippen LogP contribution in [0.2, 0.25) is 0 Å². The number of esters is 3. The number of aryl methyl sites for hydroxylation is 3.